The Balaban J connectivity index is 1.93. The highest BCUT2D eigenvalue weighted by atomic mass is 16.9. The summed E-state index contributed by atoms with van der Waals surface area (Å²) in [5.41, 5.74) is 0.305. The summed E-state index contributed by atoms with van der Waals surface area (Å²) in [4.78, 5) is 12.4. The van der Waals surface area contributed by atoms with Crippen molar-refractivity contribution in [2.45, 2.75) is 96.0 Å². The molecule has 3 aliphatic rings. The SMILES string of the molecule is C=C(C)C(=O)O[C@H]1[C@@H]2OC(CC)(CC)O[C@@H]2CO[C@]12COC(CC)(CC)O2. The summed E-state index contributed by atoms with van der Waals surface area (Å²) in [6.45, 7) is 13.8. The molecule has 0 amide bonds. The van der Waals surface area contributed by atoms with Gasteiger partial charge in [0.15, 0.2) is 17.7 Å². The van der Waals surface area contributed by atoms with E-state index in [1.807, 2.05) is 27.7 Å². The van der Waals surface area contributed by atoms with E-state index < -0.39 is 35.5 Å². The number of hydrogen-bond acceptors (Lipinski definition) is 7. The van der Waals surface area contributed by atoms with Crippen LogP contribution in [-0.2, 0) is 33.2 Å². The molecule has 3 heterocycles. The highest BCUT2D eigenvalue weighted by Gasteiger charge is 2.65. The van der Waals surface area contributed by atoms with Crippen LogP contribution in [0, 0.1) is 0 Å². The molecular weight excluding hydrogens is 352 g/mol. The molecule has 0 bridgehead atoms. The number of rotatable bonds is 6. The fourth-order valence-electron chi connectivity index (χ4n) is 4.01. The van der Waals surface area contributed by atoms with Crippen LogP contribution in [0.2, 0.25) is 0 Å². The van der Waals surface area contributed by atoms with E-state index in [1.165, 1.54) is 0 Å². The van der Waals surface area contributed by atoms with Crippen LogP contribution in [0.3, 0.4) is 0 Å². The van der Waals surface area contributed by atoms with Gasteiger partial charge in [0, 0.05) is 5.57 Å². The first-order chi connectivity index (χ1) is 12.8. The van der Waals surface area contributed by atoms with Crippen LogP contribution >= 0.6 is 0 Å². The third-order valence-electron chi connectivity index (χ3n) is 5.94. The van der Waals surface area contributed by atoms with Gasteiger partial charge in [-0.05, 0) is 32.6 Å². The van der Waals surface area contributed by atoms with Crippen LogP contribution in [-0.4, -0.2) is 54.9 Å². The molecule has 0 aliphatic carbocycles. The molecule has 3 aliphatic heterocycles. The lowest BCUT2D eigenvalue weighted by Gasteiger charge is -2.43. The first-order valence-corrected chi connectivity index (χ1v) is 9.98. The van der Waals surface area contributed by atoms with E-state index in [4.69, 9.17) is 28.4 Å². The summed E-state index contributed by atoms with van der Waals surface area (Å²) in [7, 11) is 0. The van der Waals surface area contributed by atoms with Gasteiger partial charge < -0.3 is 28.4 Å². The van der Waals surface area contributed by atoms with Crippen LogP contribution in [0.1, 0.15) is 60.3 Å². The van der Waals surface area contributed by atoms with Crippen molar-refractivity contribution in [1.82, 2.24) is 0 Å². The minimum absolute atomic E-state index is 0.167. The number of ether oxygens (including phenoxy) is 6. The average Bonchev–Trinajstić information content (AvgIpc) is 3.24. The van der Waals surface area contributed by atoms with Gasteiger partial charge in [0.2, 0.25) is 5.79 Å². The molecule has 0 aromatic heterocycles. The van der Waals surface area contributed by atoms with Crippen molar-refractivity contribution in [3.8, 4) is 0 Å². The first-order valence-electron chi connectivity index (χ1n) is 9.98. The highest BCUT2D eigenvalue weighted by molar-refractivity contribution is 5.87. The summed E-state index contributed by atoms with van der Waals surface area (Å²) in [6.07, 6.45) is 1.08. The van der Waals surface area contributed by atoms with Crippen molar-refractivity contribution in [1.29, 1.82) is 0 Å². The van der Waals surface area contributed by atoms with Crippen LogP contribution in [0.15, 0.2) is 12.2 Å². The summed E-state index contributed by atoms with van der Waals surface area (Å²) in [5, 5.41) is 0. The second-order valence-corrected chi connectivity index (χ2v) is 7.59. The third-order valence-corrected chi connectivity index (χ3v) is 5.94. The fraction of sp³-hybridized carbons (Fsp3) is 0.850. The van der Waals surface area contributed by atoms with Gasteiger partial charge in [-0.3, -0.25) is 0 Å². The molecule has 7 heteroatoms. The van der Waals surface area contributed by atoms with Crippen LogP contribution < -0.4 is 0 Å². The minimum atomic E-state index is -1.21. The van der Waals surface area contributed by atoms with Crippen LogP contribution in [0.5, 0.6) is 0 Å². The van der Waals surface area contributed by atoms with E-state index in [0.717, 1.165) is 0 Å². The Hall–Kier alpha value is -0.990. The van der Waals surface area contributed by atoms with Gasteiger partial charge in [-0.25, -0.2) is 4.79 Å². The molecule has 27 heavy (non-hydrogen) atoms. The molecule has 0 aromatic carbocycles. The maximum Gasteiger partial charge on any atom is 0.333 e. The van der Waals surface area contributed by atoms with Crippen molar-refractivity contribution in [3.05, 3.63) is 12.2 Å². The summed E-state index contributed by atoms with van der Waals surface area (Å²) >= 11 is 0. The van der Waals surface area contributed by atoms with Crippen molar-refractivity contribution in [3.63, 3.8) is 0 Å². The number of esters is 1. The Bertz CT molecular complexity index is 575. The lowest BCUT2D eigenvalue weighted by Crippen LogP contribution is -2.63. The van der Waals surface area contributed by atoms with Crippen molar-refractivity contribution in [2.24, 2.45) is 0 Å². The van der Waals surface area contributed by atoms with Crippen molar-refractivity contribution >= 4 is 5.97 Å². The van der Waals surface area contributed by atoms with E-state index in [0.29, 0.717) is 37.9 Å². The Morgan fingerprint density at radius 2 is 1.67 bits per heavy atom. The van der Waals surface area contributed by atoms with Gasteiger partial charge in [-0.1, -0.05) is 34.3 Å². The van der Waals surface area contributed by atoms with Crippen molar-refractivity contribution in [2.75, 3.05) is 13.2 Å². The normalized spacial score (nSPS) is 36.6. The number of fused-ring (bicyclic) bond motifs is 1. The standard InChI is InChI=1S/C20H32O7/c1-7-18(8-2)23-12-20(27-18)16(24-17(21)13(5)6)15-14(11-22-20)25-19(9-3,10-4)26-15/h14-16H,5,7-12H2,1-4,6H3/t14-,15-,16+,20+/m1/s1. The molecule has 3 rings (SSSR count). The molecule has 0 radical (unpaired) electrons. The van der Waals surface area contributed by atoms with Crippen LogP contribution in [0.4, 0.5) is 0 Å². The van der Waals surface area contributed by atoms with Gasteiger partial charge >= 0.3 is 5.97 Å². The third kappa shape index (κ3) is 3.44. The molecule has 0 aromatic rings. The maximum absolute atomic E-state index is 12.4. The quantitative estimate of drug-likeness (QED) is 0.515. The van der Waals surface area contributed by atoms with E-state index in [2.05, 4.69) is 6.58 Å². The second kappa shape index (κ2) is 7.44. The van der Waals surface area contributed by atoms with Gasteiger partial charge in [0.05, 0.1) is 6.61 Å². The fourth-order valence-corrected chi connectivity index (χ4v) is 4.01. The van der Waals surface area contributed by atoms with E-state index in [1.54, 1.807) is 6.92 Å². The summed E-state index contributed by atoms with van der Waals surface area (Å²) in [6, 6.07) is 0. The van der Waals surface area contributed by atoms with Gasteiger partial charge in [-0.15, -0.1) is 0 Å². The number of carbonyl (C=O) groups is 1. The summed E-state index contributed by atoms with van der Waals surface area (Å²) < 4.78 is 36.7. The molecule has 7 nitrogen and oxygen atoms in total. The zero-order chi connectivity index (χ0) is 19.9. The average molecular weight is 384 g/mol. The highest BCUT2D eigenvalue weighted by Crippen LogP contribution is 2.48. The monoisotopic (exact) mass is 384 g/mol. The predicted molar refractivity (Wildman–Crippen MR) is 96.8 cm³/mol. The number of hydrogen-bond donors (Lipinski definition) is 0. The zero-order valence-corrected chi connectivity index (χ0v) is 17.0. The minimum Gasteiger partial charge on any atom is -0.450 e. The molecule has 3 fully saturated rings. The number of carbonyl (C=O) groups excluding carboxylic acids is 1. The lowest BCUT2D eigenvalue weighted by atomic mass is 9.97. The molecule has 0 saturated carbocycles. The molecule has 1 spiro atoms. The maximum atomic E-state index is 12.4. The second-order valence-electron chi connectivity index (χ2n) is 7.59. The summed E-state index contributed by atoms with van der Waals surface area (Å²) in [5.74, 6) is -3.18. The molecule has 4 atom stereocenters. The van der Waals surface area contributed by atoms with E-state index in [9.17, 15) is 4.79 Å². The largest absolute Gasteiger partial charge is 0.450 e. The smallest absolute Gasteiger partial charge is 0.333 e. The van der Waals surface area contributed by atoms with E-state index in [-0.39, 0.29) is 12.7 Å². The van der Waals surface area contributed by atoms with Crippen LogP contribution in [0.25, 0.3) is 0 Å². The van der Waals surface area contributed by atoms with Crippen molar-refractivity contribution < 1.29 is 33.2 Å². The van der Waals surface area contributed by atoms with E-state index >= 15 is 0 Å². The predicted octanol–water partition coefficient (Wildman–Crippen LogP) is 3.06. The molecular formula is C20H32O7. The molecule has 3 saturated heterocycles. The topological polar surface area (TPSA) is 72.5 Å². The van der Waals surface area contributed by atoms with Gasteiger partial charge in [0.25, 0.3) is 0 Å². The molecule has 0 unspecified atom stereocenters. The van der Waals surface area contributed by atoms with Gasteiger partial charge in [0.1, 0.15) is 18.8 Å². The van der Waals surface area contributed by atoms with Gasteiger partial charge in [-0.2, -0.15) is 0 Å². The zero-order valence-electron chi connectivity index (χ0n) is 17.0. The molecule has 0 N–H and O–H groups in total. The Morgan fingerprint density at radius 1 is 1.04 bits per heavy atom. The Kier molecular flexibility index (Phi) is 5.72. The first kappa shape index (κ1) is 20.7. The lowest BCUT2D eigenvalue weighted by molar-refractivity contribution is -0.334. The molecule has 154 valence electrons. The Labute approximate surface area is 161 Å². The Morgan fingerprint density at radius 3 is 2.19 bits per heavy atom.